The summed E-state index contributed by atoms with van der Waals surface area (Å²) in [7, 11) is -0.989. The van der Waals surface area contributed by atoms with Gasteiger partial charge < -0.3 is 11.1 Å². The number of amides is 1. The number of nitrogens with two attached hydrogens (primary N) is 1. The molecule has 0 saturated heterocycles. The number of nitrogen functional groups attached to an aromatic ring is 1. The fourth-order valence-electron chi connectivity index (χ4n) is 1.65. The zero-order valence-electron chi connectivity index (χ0n) is 12.1. The fraction of sp³-hybridized carbons (Fsp3) is 0.500. The van der Waals surface area contributed by atoms with Gasteiger partial charge >= 0.3 is 0 Å². The minimum absolute atomic E-state index is 0.168. The molecule has 0 radical (unpaired) electrons. The van der Waals surface area contributed by atoms with E-state index in [2.05, 4.69) is 12.2 Å². The summed E-state index contributed by atoms with van der Waals surface area (Å²) >= 11 is 11.8. The predicted molar refractivity (Wildman–Crippen MR) is 91.5 cm³/mol. The van der Waals surface area contributed by atoms with Crippen molar-refractivity contribution in [1.29, 1.82) is 0 Å². The molecule has 1 aromatic carbocycles. The number of nitrogens with one attached hydrogen (secondary N) is 1. The lowest BCUT2D eigenvalue weighted by molar-refractivity contribution is -0.115. The van der Waals surface area contributed by atoms with Crippen molar-refractivity contribution >= 4 is 51.3 Å². The summed E-state index contributed by atoms with van der Waals surface area (Å²) in [6.45, 7) is 4.10. The molecule has 0 heterocycles. The SMILES string of the molecule is CCC(C)CS(=O)CCC(=O)Nc1c(N)cc(Cl)cc1Cl. The summed E-state index contributed by atoms with van der Waals surface area (Å²) in [6.07, 6.45) is 1.15. The second kappa shape index (κ2) is 8.61. The average molecular weight is 351 g/mol. The summed E-state index contributed by atoms with van der Waals surface area (Å²) in [6, 6.07) is 3.03. The highest BCUT2D eigenvalue weighted by Crippen LogP contribution is 2.32. The molecule has 0 aliphatic carbocycles. The number of rotatable bonds is 7. The molecular formula is C14H20Cl2N2O2S. The van der Waals surface area contributed by atoms with Crippen molar-refractivity contribution in [2.24, 2.45) is 5.92 Å². The monoisotopic (exact) mass is 350 g/mol. The number of benzene rings is 1. The number of carbonyl (C=O) groups is 1. The molecule has 118 valence electrons. The van der Waals surface area contributed by atoms with E-state index in [1.54, 1.807) is 0 Å². The molecule has 3 N–H and O–H groups in total. The molecule has 0 saturated carbocycles. The van der Waals surface area contributed by atoms with Crippen molar-refractivity contribution in [2.75, 3.05) is 22.6 Å². The molecule has 0 aliphatic rings. The van der Waals surface area contributed by atoms with Crippen LogP contribution >= 0.6 is 23.2 Å². The van der Waals surface area contributed by atoms with E-state index in [4.69, 9.17) is 28.9 Å². The Kier molecular flexibility index (Phi) is 7.49. The molecule has 1 rings (SSSR count). The molecule has 1 amide bonds. The molecule has 0 aromatic heterocycles. The van der Waals surface area contributed by atoms with Crippen LogP contribution in [0.4, 0.5) is 11.4 Å². The quantitative estimate of drug-likeness (QED) is 0.736. The van der Waals surface area contributed by atoms with Crippen LogP contribution in [-0.2, 0) is 15.6 Å². The van der Waals surface area contributed by atoms with Crippen molar-refractivity contribution in [2.45, 2.75) is 26.7 Å². The minimum atomic E-state index is -0.989. The molecule has 0 aliphatic heterocycles. The molecule has 1 aromatic rings. The average Bonchev–Trinajstić information content (AvgIpc) is 2.40. The van der Waals surface area contributed by atoms with E-state index >= 15 is 0 Å². The lowest BCUT2D eigenvalue weighted by Gasteiger charge is -2.11. The third-order valence-electron chi connectivity index (χ3n) is 3.07. The van der Waals surface area contributed by atoms with Gasteiger partial charge in [0.25, 0.3) is 0 Å². The van der Waals surface area contributed by atoms with E-state index in [0.29, 0.717) is 33.8 Å². The predicted octanol–water partition coefficient (Wildman–Crippen LogP) is 3.70. The Labute approximate surface area is 137 Å². The summed E-state index contributed by atoms with van der Waals surface area (Å²) in [4.78, 5) is 11.9. The minimum Gasteiger partial charge on any atom is -0.397 e. The maximum Gasteiger partial charge on any atom is 0.225 e. The lowest BCUT2D eigenvalue weighted by Crippen LogP contribution is -2.18. The van der Waals surface area contributed by atoms with Gasteiger partial charge in [0.2, 0.25) is 5.91 Å². The van der Waals surface area contributed by atoms with Crippen LogP contribution in [0.2, 0.25) is 10.0 Å². The highest BCUT2D eigenvalue weighted by Gasteiger charge is 2.12. The standard InChI is InChI=1S/C14H20Cl2N2O2S/c1-3-9(2)8-21(20)5-4-13(19)18-14-11(16)6-10(15)7-12(14)17/h6-7,9H,3-5,8,17H2,1-2H3,(H,18,19). The zero-order valence-corrected chi connectivity index (χ0v) is 14.4. The number of anilines is 2. The van der Waals surface area contributed by atoms with E-state index in [1.165, 1.54) is 12.1 Å². The third-order valence-corrected chi connectivity index (χ3v) is 5.19. The van der Waals surface area contributed by atoms with Gasteiger partial charge in [0, 0.05) is 33.7 Å². The van der Waals surface area contributed by atoms with Crippen LogP contribution in [0.25, 0.3) is 0 Å². The Morgan fingerprint density at radius 3 is 2.67 bits per heavy atom. The number of hydrogen-bond donors (Lipinski definition) is 2. The Balaban J connectivity index is 2.53. The first-order chi connectivity index (χ1) is 9.83. The number of halogens is 2. The normalized spacial score (nSPS) is 13.7. The molecular weight excluding hydrogens is 331 g/mol. The van der Waals surface area contributed by atoms with Crippen LogP contribution < -0.4 is 11.1 Å². The van der Waals surface area contributed by atoms with Crippen molar-refractivity contribution in [1.82, 2.24) is 0 Å². The number of carbonyl (C=O) groups excluding carboxylic acids is 1. The third kappa shape index (κ3) is 6.24. The van der Waals surface area contributed by atoms with Crippen molar-refractivity contribution in [3.63, 3.8) is 0 Å². The van der Waals surface area contributed by atoms with Gasteiger partial charge in [0.15, 0.2) is 0 Å². The van der Waals surface area contributed by atoms with Crippen LogP contribution in [-0.4, -0.2) is 21.6 Å². The van der Waals surface area contributed by atoms with Crippen molar-refractivity contribution in [3.8, 4) is 0 Å². The highest BCUT2D eigenvalue weighted by molar-refractivity contribution is 7.85. The second-order valence-corrected chi connectivity index (χ2v) is 7.44. The van der Waals surface area contributed by atoms with Gasteiger partial charge in [0.05, 0.1) is 16.4 Å². The van der Waals surface area contributed by atoms with Crippen LogP contribution in [0.1, 0.15) is 26.7 Å². The zero-order chi connectivity index (χ0) is 16.0. The Morgan fingerprint density at radius 2 is 2.10 bits per heavy atom. The topological polar surface area (TPSA) is 72.2 Å². The molecule has 2 atom stereocenters. The van der Waals surface area contributed by atoms with Crippen LogP contribution in [0.5, 0.6) is 0 Å². The maximum absolute atomic E-state index is 11.9. The Bertz CT molecular complexity index is 515. The van der Waals surface area contributed by atoms with Gasteiger partial charge in [-0.05, 0) is 18.1 Å². The molecule has 4 nitrogen and oxygen atoms in total. The van der Waals surface area contributed by atoms with Crippen LogP contribution in [0, 0.1) is 5.92 Å². The maximum atomic E-state index is 11.9. The molecule has 21 heavy (non-hydrogen) atoms. The molecule has 2 unspecified atom stereocenters. The van der Waals surface area contributed by atoms with E-state index in [9.17, 15) is 9.00 Å². The van der Waals surface area contributed by atoms with Crippen LogP contribution in [0.3, 0.4) is 0 Å². The van der Waals surface area contributed by atoms with E-state index in [0.717, 1.165) is 6.42 Å². The first-order valence-electron chi connectivity index (χ1n) is 6.72. The van der Waals surface area contributed by atoms with Gasteiger partial charge in [-0.3, -0.25) is 9.00 Å². The molecule has 0 bridgehead atoms. The Hall–Kier alpha value is -0.780. The summed E-state index contributed by atoms with van der Waals surface area (Å²) in [5, 5.41) is 3.33. The Morgan fingerprint density at radius 1 is 1.43 bits per heavy atom. The van der Waals surface area contributed by atoms with Crippen LogP contribution in [0.15, 0.2) is 12.1 Å². The second-order valence-electron chi connectivity index (χ2n) is 4.97. The first-order valence-corrected chi connectivity index (χ1v) is 8.97. The van der Waals surface area contributed by atoms with E-state index < -0.39 is 10.8 Å². The van der Waals surface area contributed by atoms with Crippen molar-refractivity contribution < 1.29 is 9.00 Å². The number of hydrogen-bond acceptors (Lipinski definition) is 3. The summed E-state index contributed by atoms with van der Waals surface area (Å²) in [5.41, 5.74) is 6.42. The summed E-state index contributed by atoms with van der Waals surface area (Å²) < 4.78 is 11.8. The van der Waals surface area contributed by atoms with E-state index in [-0.39, 0.29) is 17.4 Å². The summed E-state index contributed by atoms with van der Waals surface area (Å²) in [5.74, 6) is 1.09. The van der Waals surface area contributed by atoms with Gasteiger partial charge in [-0.1, -0.05) is 43.5 Å². The largest absolute Gasteiger partial charge is 0.397 e. The van der Waals surface area contributed by atoms with Gasteiger partial charge in [-0.2, -0.15) is 0 Å². The van der Waals surface area contributed by atoms with Crippen molar-refractivity contribution in [3.05, 3.63) is 22.2 Å². The van der Waals surface area contributed by atoms with E-state index in [1.807, 2.05) is 6.92 Å². The smallest absolute Gasteiger partial charge is 0.225 e. The fourth-order valence-corrected chi connectivity index (χ4v) is 3.66. The van der Waals surface area contributed by atoms with Gasteiger partial charge in [0.1, 0.15) is 0 Å². The highest BCUT2D eigenvalue weighted by atomic mass is 35.5. The van der Waals surface area contributed by atoms with Gasteiger partial charge in [-0.15, -0.1) is 0 Å². The molecule has 0 fully saturated rings. The molecule has 7 heteroatoms. The molecule has 0 spiro atoms. The lowest BCUT2D eigenvalue weighted by atomic mass is 10.2. The first kappa shape index (κ1) is 18.3. The van der Waals surface area contributed by atoms with Gasteiger partial charge in [-0.25, -0.2) is 0 Å².